The van der Waals surface area contributed by atoms with E-state index >= 15 is 0 Å². The van der Waals surface area contributed by atoms with Crippen molar-refractivity contribution in [3.63, 3.8) is 0 Å². The lowest BCUT2D eigenvalue weighted by Crippen LogP contribution is -2.48. The van der Waals surface area contributed by atoms with Crippen LogP contribution < -0.4 is 9.64 Å². The first-order chi connectivity index (χ1) is 23.6. The van der Waals surface area contributed by atoms with Crippen molar-refractivity contribution in [2.24, 2.45) is 0 Å². The Bertz CT molecular complexity index is 1890. The average molecular weight is 684 g/mol. The van der Waals surface area contributed by atoms with Crippen LogP contribution in [0.4, 0.5) is 10.2 Å². The summed E-state index contributed by atoms with van der Waals surface area (Å²) >= 11 is 0. The Morgan fingerprint density at radius 3 is 2.42 bits per heavy atom. The number of aliphatic carboxylic acids is 1. The Morgan fingerprint density at radius 2 is 1.78 bits per heavy atom. The first-order valence-electron chi connectivity index (χ1n) is 17.2. The average Bonchev–Trinajstić information content (AvgIpc) is 3.47. The summed E-state index contributed by atoms with van der Waals surface area (Å²) in [6, 6.07) is 14.2. The summed E-state index contributed by atoms with van der Waals surface area (Å²) in [4.78, 5) is 20.4. The maximum absolute atomic E-state index is 14.6. The standard InChI is InChI=1S/C41H50FN3O5/c1-10-13-28(4)49-34-17-16-31(42)25-32(34)29-14-12-15-30(24-29)33-26-45-35(43-33)23-27(3)36(41(9,38(46)47)50-39(5,6)7)37(45)44-20-18-40(8,19-21-44)48-22-11-2/h10-12,14-17,23-26,28H,1-2,13,18-22H2,3-9H3,(H,46,47). The fourth-order valence-electron chi connectivity index (χ4n) is 6.85. The number of nitrogens with zero attached hydrogens (tertiary/aromatic N) is 3. The van der Waals surface area contributed by atoms with E-state index < -0.39 is 17.2 Å². The second-order valence-corrected chi connectivity index (χ2v) is 14.6. The monoisotopic (exact) mass is 683 g/mol. The number of fused-ring (bicyclic) bond motifs is 1. The zero-order valence-electron chi connectivity index (χ0n) is 30.4. The highest BCUT2D eigenvalue weighted by Crippen LogP contribution is 2.43. The SMILES string of the molecule is C=CCOC1(C)CCN(c2c(C(C)(OC(C)(C)C)C(=O)O)c(C)cc3nc(-c4cccc(-c5cc(F)ccc5OC(C)CC=C)c4)cn23)CC1. The topological polar surface area (TPSA) is 85.5 Å². The number of hydrogen-bond donors (Lipinski definition) is 1. The van der Waals surface area contributed by atoms with Gasteiger partial charge in [-0.2, -0.15) is 0 Å². The number of imidazole rings is 1. The van der Waals surface area contributed by atoms with Crippen LogP contribution in [0.5, 0.6) is 5.75 Å². The Morgan fingerprint density at radius 1 is 1.08 bits per heavy atom. The van der Waals surface area contributed by atoms with Crippen molar-refractivity contribution in [3.05, 3.63) is 97.0 Å². The number of pyridine rings is 1. The smallest absolute Gasteiger partial charge is 0.340 e. The third kappa shape index (κ3) is 7.79. The molecule has 4 aromatic rings. The van der Waals surface area contributed by atoms with E-state index in [1.54, 1.807) is 25.1 Å². The van der Waals surface area contributed by atoms with Crippen LogP contribution in [0.25, 0.3) is 28.0 Å². The van der Waals surface area contributed by atoms with Gasteiger partial charge in [-0.3, -0.25) is 4.40 Å². The Balaban J connectivity index is 1.66. The van der Waals surface area contributed by atoms with Crippen molar-refractivity contribution < 1.29 is 28.5 Å². The van der Waals surface area contributed by atoms with Gasteiger partial charge in [-0.15, -0.1) is 13.2 Å². The van der Waals surface area contributed by atoms with E-state index in [9.17, 15) is 14.3 Å². The molecule has 2 aromatic carbocycles. The molecule has 50 heavy (non-hydrogen) atoms. The summed E-state index contributed by atoms with van der Waals surface area (Å²) in [7, 11) is 0. The maximum Gasteiger partial charge on any atom is 0.340 e. The molecule has 8 nitrogen and oxygen atoms in total. The van der Waals surface area contributed by atoms with Crippen LogP contribution in [0.2, 0.25) is 0 Å². The molecule has 3 heterocycles. The summed E-state index contributed by atoms with van der Waals surface area (Å²) in [5.74, 6) is -0.125. The molecule has 0 bridgehead atoms. The quantitative estimate of drug-likeness (QED) is 0.141. The van der Waals surface area contributed by atoms with Gasteiger partial charge in [-0.05, 0) is 103 Å². The molecule has 0 amide bonds. The van der Waals surface area contributed by atoms with E-state index in [2.05, 4.69) is 25.0 Å². The number of carboxylic acid groups (broad SMARTS) is 1. The number of carboxylic acids is 1. The van der Waals surface area contributed by atoms with Gasteiger partial charge in [0, 0.05) is 42.4 Å². The number of rotatable bonds is 13. The third-order valence-electron chi connectivity index (χ3n) is 9.23. The van der Waals surface area contributed by atoms with Gasteiger partial charge in [0.2, 0.25) is 0 Å². The number of benzene rings is 2. The van der Waals surface area contributed by atoms with Gasteiger partial charge in [0.1, 0.15) is 23.0 Å². The van der Waals surface area contributed by atoms with Crippen LogP contribution >= 0.6 is 0 Å². The Hall–Kier alpha value is -4.47. The fourth-order valence-corrected chi connectivity index (χ4v) is 6.85. The molecule has 1 aliphatic rings. The number of halogens is 1. The molecule has 1 aliphatic heterocycles. The predicted molar refractivity (Wildman–Crippen MR) is 197 cm³/mol. The number of aryl methyl sites for hydroxylation is 1. The highest BCUT2D eigenvalue weighted by molar-refractivity contribution is 5.84. The first kappa shape index (κ1) is 36.8. The zero-order valence-corrected chi connectivity index (χ0v) is 30.4. The molecule has 0 radical (unpaired) electrons. The molecule has 2 aromatic heterocycles. The number of ether oxygens (including phenoxy) is 3. The van der Waals surface area contributed by atoms with Gasteiger partial charge in [-0.25, -0.2) is 14.2 Å². The van der Waals surface area contributed by atoms with E-state index in [1.807, 2.05) is 75.5 Å². The minimum atomic E-state index is -1.66. The van der Waals surface area contributed by atoms with Crippen LogP contribution in [-0.2, 0) is 19.9 Å². The second-order valence-electron chi connectivity index (χ2n) is 14.6. The van der Waals surface area contributed by atoms with Crippen LogP contribution in [-0.4, -0.2) is 57.5 Å². The van der Waals surface area contributed by atoms with E-state index in [4.69, 9.17) is 19.2 Å². The zero-order chi connectivity index (χ0) is 36.4. The number of anilines is 1. The van der Waals surface area contributed by atoms with Crippen LogP contribution in [0.3, 0.4) is 0 Å². The lowest BCUT2D eigenvalue weighted by molar-refractivity contribution is -0.183. The molecule has 266 valence electrons. The summed E-state index contributed by atoms with van der Waals surface area (Å²) in [6.45, 7) is 22.6. The summed E-state index contributed by atoms with van der Waals surface area (Å²) < 4.78 is 35.3. The molecule has 2 unspecified atom stereocenters. The van der Waals surface area contributed by atoms with E-state index in [1.165, 1.54) is 12.1 Å². The Labute approximate surface area is 295 Å². The van der Waals surface area contributed by atoms with Gasteiger partial charge in [0.15, 0.2) is 5.60 Å². The van der Waals surface area contributed by atoms with E-state index in [-0.39, 0.29) is 17.5 Å². The predicted octanol–water partition coefficient (Wildman–Crippen LogP) is 9.14. The molecule has 0 spiro atoms. The molecule has 5 rings (SSSR count). The minimum absolute atomic E-state index is 0.130. The van der Waals surface area contributed by atoms with Crippen molar-refractivity contribution in [1.82, 2.24) is 9.38 Å². The van der Waals surface area contributed by atoms with Crippen molar-refractivity contribution in [3.8, 4) is 28.1 Å². The van der Waals surface area contributed by atoms with Crippen LogP contribution in [0.1, 0.15) is 71.9 Å². The number of aromatic nitrogens is 2. The van der Waals surface area contributed by atoms with Gasteiger partial charge >= 0.3 is 5.97 Å². The summed E-state index contributed by atoms with van der Waals surface area (Å²) in [6.07, 6.45) is 7.51. The number of piperidine rings is 1. The van der Waals surface area contributed by atoms with Crippen molar-refractivity contribution >= 4 is 17.4 Å². The van der Waals surface area contributed by atoms with Crippen molar-refractivity contribution in [1.29, 1.82) is 0 Å². The molecule has 0 aliphatic carbocycles. The molecular formula is C41H50FN3O5. The van der Waals surface area contributed by atoms with Crippen LogP contribution in [0.15, 0.2) is 80.0 Å². The highest BCUT2D eigenvalue weighted by atomic mass is 19.1. The number of hydrogen-bond acceptors (Lipinski definition) is 6. The molecule has 1 N–H and O–H groups in total. The van der Waals surface area contributed by atoms with Crippen LogP contribution in [0, 0.1) is 12.7 Å². The van der Waals surface area contributed by atoms with Gasteiger partial charge in [-0.1, -0.05) is 30.4 Å². The highest BCUT2D eigenvalue weighted by Gasteiger charge is 2.45. The van der Waals surface area contributed by atoms with Gasteiger partial charge < -0.3 is 24.2 Å². The maximum atomic E-state index is 14.6. The first-order valence-corrected chi connectivity index (χ1v) is 17.2. The largest absolute Gasteiger partial charge is 0.490 e. The lowest BCUT2D eigenvalue weighted by Gasteiger charge is -2.43. The molecule has 1 saturated heterocycles. The van der Waals surface area contributed by atoms with E-state index in [0.29, 0.717) is 54.3 Å². The van der Waals surface area contributed by atoms with Gasteiger partial charge in [0.05, 0.1) is 29.6 Å². The normalized spacial score (nSPS) is 16.5. The lowest BCUT2D eigenvalue weighted by atomic mass is 9.88. The Kier molecular flexibility index (Phi) is 10.6. The molecular weight excluding hydrogens is 633 g/mol. The van der Waals surface area contributed by atoms with Gasteiger partial charge in [0.25, 0.3) is 0 Å². The van der Waals surface area contributed by atoms with Crippen molar-refractivity contribution in [2.45, 2.75) is 90.6 Å². The fraction of sp³-hybridized carbons (Fsp3) is 0.415. The molecule has 1 fully saturated rings. The molecule has 9 heteroatoms. The summed E-state index contributed by atoms with van der Waals surface area (Å²) in [5, 5.41) is 10.8. The van der Waals surface area contributed by atoms with E-state index in [0.717, 1.165) is 35.3 Å². The third-order valence-corrected chi connectivity index (χ3v) is 9.23. The molecule has 2 atom stereocenters. The second kappa shape index (κ2) is 14.4. The molecule has 0 saturated carbocycles. The summed E-state index contributed by atoms with van der Waals surface area (Å²) in [5.41, 5.74) is 2.22. The van der Waals surface area contributed by atoms with Crippen molar-refractivity contribution in [2.75, 3.05) is 24.6 Å². The minimum Gasteiger partial charge on any atom is -0.490 e. The number of carbonyl (C=O) groups is 1.